The van der Waals surface area contributed by atoms with E-state index in [-0.39, 0.29) is 11.8 Å². The fourth-order valence-corrected chi connectivity index (χ4v) is 2.58. The second-order valence-electron chi connectivity index (χ2n) is 3.41. The second-order valence-corrected chi connectivity index (χ2v) is 5.32. The van der Waals surface area contributed by atoms with Crippen LogP contribution in [0.3, 0.4) is 0 Å². The fraction of sp³-hybridized carbons (Fsp3) is 0.500. The molecule has 0 bridgehead atoms. The lowest BCUT2D eigenvalue weighted by atomic mass is 10.1. The van der Waals surface area contributed by atoms with Gasteiger partial charge in [0.05, 0.1) is 6.54 Å². The average Bonchev–Trinajstić information content (AvgIpc) is 2.61. The highest BCUT2D eigenvalue weighted by Crippen LogP contribution is 2.19. The minimum absolute atomic E-state index is 0.0124. The minimum Gasteiger partial charge on any atom is -0.351 e. The summed E-state index contributed by atoms with van der Waals surface area (Å²) in [6.45, 7) is 3.24. The molecule has 3 nitrogen and oxygen atoms in total. The van der Waals surface area contributed by atoms with Crippen LogP contribution in [-0.4, -0.2) is 19.5 Å². The van der Waals surface area contributed by atoms with Crippen molar-refractivity contribution in [3.8, 4) is 0 Å². The van der Waals surface area contributed by atoms with Crippen molar-refractivity contribution in [3.05, 3.63) is 20.8 Å². The molecular weight excluding hydrogens is 276 g/mol. The van der Waals surface area contributed by atoms with Crippen molar-refractivity contribution in [2.45, 2.75) is 13.5 Å². The van der Waals surface area contributed by atoms with Gasteiger partial charge in [-0.05, 0) is 29.0 Å². The van der Waals surface area contributed by atoms with Crippen LogP contribution in [-0.2, 0) is 11.3 Å². The van der Waals surface area contributed by atoms with Crippen molar-refractivity contribution in [3.63, 3.8) is 0 Å². The Kier molecular flexibility index (Phi) is 5.28. The Labute approximate surface area is 102 Å². The van der Waals surface area contributed by atoms with Crippen LogP contribution in [0.5, 0.6) is 0 Å². The molecular formula is C10H15BrN2OS. The molecule has 1 rings (SSSR count). The first kappa shape index (κ1) is 12.7. The molecule has 1 atom stereocenters. The van der Waals surface area contributed by atoms with Crippen molar-refractivity contribution in [2.24, 2.45) is 5.92 Å². The number of amides is 1. The molecule has 0 aliphatic carbocycles. The quantitative estimate of drug-likeness (QED) is 0.871. The number of hydrogen-bond donors (Lipinski definition) is 2. The highest BCUT2D eigenvalue weighted by molar-refractivity contribution is 9.10. The van der Waals surface area contributed by atoms with Gasteiger partial charge in [0, 0.05) is 27.2 Å². The molecule has 0 aliphatic heterocycles. The van der Waals surface area contributed by atoms with E-state index in [0.717, 1.165) is 9.35 Å². The standard InChI is InChI=1S/C10H15BrN2OS/c1-7(4-12-2)10(14)13-5-9-3-8(11)6-15-9/h3,6-7,12H,4-5H2,1-2H3,(H,13,14). The molecule has 0 aromatic carbocycles. The maximum atomic E-state index is 11.6. The van der Waals surface area contributed by atoms with E-state index in [0.29, 0.717) is 13.1 Å². The van der Waals surface area contributed by atoms with Crippen LogP contribution in [0.15, 0.2) is 15.9 Å². The zero-order valence-electron chi connectivity index (χ0n) is 8.84. The Morgan fingerprint density at radius 3 is 2.93 bits per heavy atom. The van der Waals surface area contributed by atoms with E-state index in [4.69, 9.17) is 0 Å². The predicted octanol–water partition coefficient (Wildman–Crippen LogP) is 1.98. The summed E-state index contributed by atoms with van der Waals surface area (Å²) in [6, 6.07) is 2.02. The smallest absolute Gasteiger partial charge is 0.224 e. The first-order chi connectivity index (χ1) is 7.13. The normalized spacial score (nSPS) is 12.5. The molecule has 0 aliphatic rings. The van der Waals surface area contributed by atoms with Crippen molar-refractivity contribution in [2.75, 3.05) is 13.6 Å². The van der Waals surface area contributed by atoms with Crippen molar-refractivity contribution in [1.29, 1.82) is 0 Å². The summed E-state index contributed by atoms with van der Waals surface area (Å²) in [7, 11) is 1.85. The number of hydrogen-bond acceptors (Lipinski definition) is 3. The van der Waals surface area contributed by atoms with Gasteiger partial charge in [-0.15, -0.1) is 11.3 Å². The van der Waals surface area contributed by atoms with Gasteiger partial charge in [-0.2, -0.15) is 0 Å². The third kappa shape index (κ3) is 4.32. The summed E-state index contributed by atoms with van der Waals surface area (Å²) in [4.78, 5) is 12.7. The summed E-state index contributed by atoms with van der Waals surface area (Å²) in [6.07, 6.45) is 0. The van der Waals surface area contributed by atoms with Crippen molar-refractivity contribution in [1.82, 2.24) is 10.6 Å². The molecule has 1 heterocycles. The molecule has 0 fully saturated rings. The predicted molar refractivity (Wildman–Crippen MR) is 67.0 cm³/mol. The number of carbonyl (C=O) groups is 1. The van der Waals surface area contributed by atoms with Crippen LogP contribution >= 0.6 is 27.3 Å². The van der Waals surface area contributed by atoms with E-state index in [1.54, 1.807) is 11.3 Å². The molecule has 1 unspecified atom stereocenters. The van der Waals surface area contributed by atoms with E-state index in [2.05, 4.69) is 26.6 Å². The van der Waals surface area contributed by atoms with E-state index in [1.165, 1.54) is 0 Å². The summed E-state index contributed by atoms with van der Waals surface area (Å²) < 4.78 is 1.07. The van der Waals surface area contributed by atoms with Gasteiger partial charge < -0.3 is 10.6 Å². The molecule has 0 radical (unpaired) electrons. The summed E-state index contributed by atoms with van der Waals surface area (Å²) in [5.74, 6) is 0.104. The molecule has 0 saturated heterocycles. The van der Waals surface area contributed by atoms with Crippen LogP contribution in [0.2, 0.25) is 0 Å². The minimum atomic E-state index is 0.0124. The van der Waals surface area contributed by atoms with Crippen molar-refractivity contribution < 1.29 is 4.79 Å². The molecule has 84 valence electrons. The lowest BCUT2D eigenvalue weighted by molar-refractivity contribution is -0.124. The van der Waals surface area contributed by atoms with Gasteiger partial charge in [0.1, 0.15) is 0 Å². The molecule has 2 N–H and O–H groups in total. The maximum absolute atomic E-state index is 11.6. The van der Waals surface area contributed by atoms with E-state index >= 15 is 0 Å². The average molecular weight is 291 g/mol. The van der Waals surface area contributed by atoms with E-state index in [1.807, 2.05) is 25.4 Å². The first-order valence-electron chi connectivity index (χ1n) is 4.78. The SMILES string of the molecule is CNCC(C)C(=O)NCc1cc(Br)cs1. The number of halogens is 1. The molecule has 0 spiro atoms. The van der Waals surface area contributed by atoms with Gasteiger partial charge in [-0.1, -0.05) is 6.92 Å². The maximum Gasteiger partial charge on any atom is 0.224 e. The Morgan fingerprint density at radius 1 is 1.67 bits per heavy atom. The van der Waals surface area contributed by atoms with Gasteiger partial charge >= 0.3 is 0 Å². The molecule has 15 heavy (non-hydrogen) atoms. The van der Waals surface area contributed by atoms with E-state index in [9.17, 15) is 4.79 Å². The molecule has 1 aromatic heterocycles. The van der Waals surface area contributed by atoms with Crippen molar-refractivity contribution >= 4 is 33.2 Å². The fourth-order valence-electron chi connectivity index (χ4n) is 1.19. The molecule has 0 saturated carbocycles. The number of carbonyl (C=O) groups excluding carboxylic acids is 1. The Bertz CT molecular complexity index is 327. The van der Waals surface area contributed by atoms with Gasteiger partial charge in [0.25, 0.3) is 0 Å². The first-order valence-corrected chi connectivity index (χ1v) is 6.46. The highest BCUT2D eigenvalue weighted by Gasteiger charge is 2.11. The second kappa shape index (κ2) is 6.25. The molecule has 5 heteroatoms. The van der Waals surface area contributed by atoms with Crippen LogP contribution in [0, 0.1) is 5.92 Å². The zero-order valence-corrected chi connectivity index (χ0v) is 11.2. The van der Waals surface area contributed by atoms with Crippen LogP contribution < -0.4 is 10.6 Å². The van der Waals surface area contributed by atoms with Gasteiger partial charge in [0.15, 0.2) is 0 Å². The van der Waals surface area contributed by atoms with Crippen LogP contribution in [0.25, 0.3) is 0 Å². The third-order valence-corrected chi connectivity index (χ3v) is 3.71. The van der Waals surface area contributed by atoms with Gasteiger partial charge in [0.2, 0.25) is 5.91 Å². The van der Waals surface area contributed by atoms with Crippen LogP contribution in [0.4, 0.5) is 0 Å². The lowest BCUT2D eigenvalue weighted by Gasteiger charge is -2.10. The van der Waals surface area contributed by atoms with Gasteiger partial charge in [-0.25, -0.2) is 0 Å². The summed E-state index contributed by atoms with van der Waals surface area (Å²) in [5, 5.41) is 7.90. The molecule has 1 amide bonds. The number of nitrogens with one attached hydrogen (secondary N) is 2. The Balaban J connectivity index is 2.34. The highest BCUT2D eigenvalue weighted by atomic mass is 79.9. The van der Waals surface area contributed by atoms with Gasteiger partial charge in [-0.3, -0.25) is 4.79 Å². The summed E-state index contributed by atoms with van der Waals surface area (Å²) >= 11 is 5.02. The van der Waals surface area contributed by atoms with Crippen LogP contribution in [0.1, 0.15) is 11.8 Å². The summed E-state index contributed by atoms with van der Waals surface area (Å²) in [5.41, 5.74) is 0. The lowest BCUT2D eigenvalue weighted by Crippen LogP contribution is -2.33. The zero-order chi connectivity index (χ0) is 11.3. The molecule has 1 aromatic rings. The number of rotatable bonds is 5. The Hall–Kier alpha value is -0.390. The van der Waals surface area contributed by atoms with E-state index < -0.39 is 0 Å². The monoisotopic (exact) mass is 290 g/mol. The largest absolute Gasteiger partial charge is 0.351 e. The topological polar surface area (TPSA) is 41.1 Å². The third-order valence-electron chi connectivity index (χ3n) is 2.02. The Morgan fingerprint density at radius 2 is 2.40 bits per heavy atom. The number of thiophene rings is 1.